The molecule has 142 valence electrons. The highest BCUT2D eigenvalue weighted by molar-refractivity contribution is 7.74. The largest absolute Gasteiger partial charge is 0.444 e. The van der Waals surface area contributed by atoms with Crippen LogP contribution in [0.5, 0.6) is 0 Å². The van der Waals surface area contributed by atoms with E-state index in [0.717, 1.165) is 29.2 Å². The fourth-order valence-corrected chi connectivity index (χ4v) is 3.66. The van der Waals surface area contributed by atoms with E-state index in [9.17, 15) is 4.21 Å². The maximum atomic E-state index is 11.7. The number of fused-ring (bicyclic) bond motifs is 1. The molecule has 0 aliphatic carbocycles. The lowest BCUT2D eigenvalue weighted by Crippen LogP contribution is -2.44. The van der Waals surface area contributed by atoms with Crippen LogP contribution in [0.3, 0.4) is 0 Å². The zero-order chi connectivity index (χ0) is 19.0. The maximum absolute atomic E-state index is 11.7. The van der Waals surface area contributed by atoms with Crippen molar-refractivity contribution in [2.24, 2.45) is 4.36 Å². The van der Waals surface area contributed by atoms with Crippen molar-refractivity contribution < 1.29 is 8.95 Å². The first-order valence-corrected chi connectivity index (χ1v) is 10.3. The lowest BCUT2D eigenvalue weighted by Gasteiger charge is -2.34. The van der Waals surface area contributed by atoms with Gasteiger partial charge >= 0.3 is 0 Å². The Morgan fingerprint density at radius 3 is 2.85 bits per heavy atom. The summed E-state index contributed by atoms with van der Waals surface area (Å²) in [5, 5.41) is 0. The molecule has 8 nitrogen and oxygen atoms in total. The van der Waals surface area contributed by atoms with Crippen molar-refractivity contribution in [3.8, 4) is 5.95 Å². The predicted octanol–water partition coefficient (Wildman–Crippen LogP) is 2.76. The van der Waals surface area contributed by atoms with E-state index < -0.39 is 10.6 Å². The van der Waals surface area contributed by atoms with E-state index in [2.05, 4.69) is 26.2 Å². The third-order valence-corrected chi connectivity index (χ3v) is 4.94. The molecule has 0 N–H and O–H groups in total. The molecule has 27 heavy (non-hydrogen) atoms. The van der Waals surface area contributed by atoms with Gasteiger partial charge in [0.2, 0.25) is 5.95 Å². The third-order valence-electron chi connectivity index (χ3n) is 4.50. The highest BCUT2D eigenvalue weighted by Crippen LogP contribution is 2.26. The average molecular weight is 385 g/mol. The number of imidazole rings is 1. The lowest BCUT2D eigenvalue weighted by molar-refractivity contribution is 0.0985. The lowest BCUT2D eigenvalue weighted by atomic mass is 10.2. The van der Waals surface area contributed by atoms with Gasteiger partial charge in [-0.2, -0.15) is 20.6 Å². The fraction of sp³-hybridized carbons (Fsp3) is 0.389. The molecule has 3 aromatic rings. The van der Waals surface area contributed by atoms with Crippen molar-refractivity contribution in [3.63, 3.8) is 0 Å². The minimum atomic E-state index is -1.36. The standard InChI is InChI=1S/C18H21N6O2S/c1-12-11-26-9-8-23(12)17-10-16(22-27(3)25)20-18(21-17)24-13(2)19-14-6-4-5-7-15(14)24/h4-7,10,12H,8-9,11H2,1-3H3/q-1/t12-/m1/s1. The highest BCUT2D eigenvalue weighted by Gasteiger charge is 2.22. The smallest absolute Gasteiger partial charge is 0.239 e. The summed E-state index contributed by atoms with van der Waals surface area (Å²) in [6, 6.07) is 9.81. The van der Waals surface area contributed by atoms with Gasteiger partial charge in [-0.25, -0.2) is 4.98 Å². The summed E-state index contributed by atoms with van der Waals surface area (Å²) in [5.41, 5.74) is 1.80. The van der Waals surface area contributed by atoms with Crippen LogP contribution in [0.4, 0.5) is 11.6 Å². The van der Waals surface area contributed by atoms with Crippen LogP contribution in [0, 0.1) is 6.92 Å². The van der Waals surface area contributed by atoms with Gasteiger partial charge in [0.15, 0.2) is 0 Å². The molecule has 1 aliphatic heterocycles. The molecule has 0 amide bonds. The molecule has 0 radical (unpaired) electrons. The van der Waals surface area contributed by atoms with Gasteiger partial charge in [-0.15, -0.1) is 6.26 Å². The molecular formula is C18H21N6O2S-. The molecule has 9 heteroatoms. The monoisotopic (exact) mass is 385 g/mol. The van der Waals surface area contributed by atoms with Crippen LogP contribution in [0.25, 0.3) is 17.0 Å². The van der Waals surface area contributed by atoms with Gasteiger partial charge in [-0.1, -0.05) is 12.1 Å². The van der Waals surface area contributed by atoms with Crippen LogP contribution >= 0.6 is 0 Å². The number of nitrogens with zero attached hydrogens (tertiary/aromatic N) is 6. The van der Waals surface area contributed by atoms with Crippen LogP contribution in [0.15, 0.2) is 34.7 Å². The number of benzene rings is 1. The normalized spacial score (nSPS) is 18.9. The Balaban J connectivity index is 1.91. The fourth-order valence-electron chi connectivity index (χ4n) is 3.30. The maximum Gasteiger partial charge on any atom is 0.239 e. The topological polar surface area (TPSA) is 85.5 Å². The van der Waals surface area contributed by atoms with Crippen molar-refractivity contribution in [2.45, 2.75) is 19.9 Å². The van der Waals surface area contributed by atoms with Crippen LogP contribution in [-0.2, 0) is 19.5 Å². The summed E-state index contributed by atoms with van der Waals surface area (Å²) < 4.78 is 23.3. The molecule has 1 atom stereocenters. The Morgan fingerprint density at radius 1 is 1.26 bits per heavy atom. The minimum absolute atomic E-state index is 0.183. The minimum Gasteiger partial charge on any atom is -0.444 e. The summed E-state index contributed by atoms with van der Waals surface area (Å²) in [6.45, 7) is 6.02. The van der Waals surface area contributed by atoms with E-state index in [-0.39, 0.29) is 6.04 Å². The van der Waals surface area contributed by atoms with Gasteiger partial charge in [0, 0.05) is 12.6 Å². The van der Waals surface area contributed by atoms with Crippen molar-refractivity contribution in [2.75, 3.05) is 30.9 Å². The quantitative estimate of drug-likeness (QED) is 0.645. The second-order valence-corrected chi connectivity index (χ2v) is 7.53. The van der Waals surface area contributed by atoms with Crippen LogP contribution in [0.2, 0.25) is 0 Å². The molecule has 2 aromatic heterocycles. The molecule has 1 fully saturated rings. The van der Waals surface area contributed by atoms with Gasteiger partial charge in [0.05, 0.1) is 30.3 Å². The summed E-state index contributed by atoms with van der Waals surface area (Å²) >= 11 is 0. The van der Waals surface area contributed by atoms with E-state index >= 15 is 0 Å². The number of morpholine rings is 1. The molecule has 0 saturated carbocycles. The number of hydrogen-bond donors (Lipinski definition) is 0. The first kappa shape index (κ1) is 17.9. The summed E-state index contributed by atoms with van der Waals surface area (Å²) in [7, 11) is -1.36. The van der Waals surface area contributed by atoms with Gasteiger partial charge in [-0.05, 0) is 26.0 Å². The van der Waals surface area contributed by atoms with E-state index in [1.54, 1.807) is 6.07 Å². The molecule has 1 aliphatic rings. The number of aryl methyl sites for hydroxylation is 1. The van der Waals surface area contributed by atoms with E-state index in [0.29, 0.717) is 25.0 Å². The summed E-state index contributed by atoms with van der Waals surface area (Å²) in [6.07, 6.45) is 1.52. The molecule has 0 unspecified atom stereocenters. The van der Waals surface area contributed by atoms with Crippen molar-refractivity contribution in [3.05, 3.63) is 36.2 Å². The van der Waals surface area contributed by atoms with Crippen molar-refractivity contribution >= 4 is 33.3 Å². The molecule has 1 saturated heterocycles. The zero-order valence-electron chi connectivity index (χ0n) is 15.5. The zero-order valence-corrected chi connectivity index (χ0v) is 16.3. The Labute approximate surface area is 159 Å². The number of ether oxygens (including phenoxy) is 1. The Morgan fingerprint density at radius 2 is 2.07 bits per heavy atom. The van der Waals surface area contributed by atoms with E-state index in [1.807, 2.05) is 35.8 Å². The Hall–Kier alpha value is -2.52. The molecule has 4 rings (SSSR count). The Bertz CT molecular complexity index is 1070. The third kappa shape index (κ3) is 3.52. The second-order valence-electron chi connectivity index (χ2n) is 6.50. The molecule has 0 spiro atoms. The number of para-hydroxylation sites is 2. The van der Waals surface area contributed by atoms with Gasteiger partial charge in [-0.3, -0.25) is 4.57 Å². The van der Waals surface area contributed by atoms with Crippen LogP contribution < -0.4 is 4.90 Å². The summed E-state index contributed by atoms with van der Waals surface area (Å²) in [4.78, 5) is 16.1. The van der Waals surface area contributed by atoms with E-state index in [1.165, 1.54) is 6.26 Å². The number of hydrogen-bond acceptors (Lipinski definition) is 8. The Kier molecular flexibility index (Phi) is 4.79. The predicted molar refractivity (Wildman–Crippen MR) is 105 cm³/mol. The first-order valence-electron chi connectivity index (χ1n) is 8.76. The van der Waals surface area contributed by atoms with Gasteiger partial charge in [0.1, 0.15) is 17.5 Å². The molecular weight excluding hydrogens is 364 g/mol. The highest BCUT2D eigenvalue weighted by atomic mass is 32.2. The number of rotatable bonds is 3. The first-order chi connectivity index (χ1) is 13.0. The van der Waals surface area contributed by atoms with E-state index in [4.69, 9.17) is 9.72 Å². The average Bonchev–Trinajstić information content (AvgIpc) is 2.97. The number of anilines is 1. The van der Waals surface area contributed by atoms with Gasteiger partial charge < -0.3 is 18.2 Å². The van der Waals surface area contributed by atoms with Crippen molar-refractivity contribution in [1.82, 2.24) is 19.5 Å². The molecule has 1 aromatic carbocycles. The SMILES string of the molecule is Cc1nc2ccccc2n1-c1nc(N=[S-](C)=O)cc(N2CCOC[C@H]2C)n1. The second kappa shape index (κ2) is 7.24. The molecule has 3 heterocycles. The number of aromatic nitrogens is 4. The van der Waals surface area contributed by atoms with Crippen LogP contribution in [-0.4, -0.2) is 51.6 Å². The van der Waals surface area contributed by atoms with Crippen molar-refractivity contribution in [1.29, 1.82) is 0 Å². The van der Waals surface area contributed by atoms with Crippen LogP contribution in [0.1, 0.15) is 12.7 Å². The van der Waals surface area contributed by atoms with Gasteiger partial charge in [0.25, 0.3) is 0 Å². The molecule has 0 bridgehead atoms. The summed E-state index contributed by atoms with van der Waals surface area (Å²) in [5.74, 6) is 2.40.